The number of aryl methyl sites for hydroxylation is 1. The summed E-state index contributed by atoms with van der Waals surface area (Å²) in [5, 5.41) is 3.12. The third-order valence-electron chi connectivity index (χ3n) is 4.86. The quantitative estimate of drug-likeness (QED) is 0.483. The molecule has 0 saturated carbocycles. The predicted octanol–water partition coefficient (Wildman–Crippen LogP) is 6.04. The summed E-state index contributed by atoms with van der Waals surface area (Å²) in [6.45, 7) is 6.37. The maximum atomic E-state index is 13.5. The molecule has 6 heteroatoms. The monoisotopic (exact) mass is 403 g/mol. The standard InChI is InChI=1S/C22H27F2N3S/c1-15-9-7-5-4-6-8-10-18-21(28-26-15)14-27(3)22(18)16(2)25-17-11-12-19(23)20(24)13-17/h6,8,11-15,25-26H,2,4-5,7,9-10H2,1,3H3/b8-6+. The molecule has 28 heavy (non-hydrogen) atoms. The van der Waals surface area contributed by atoms with Crippen molar-refractivity contribution in [2.45, 2.75) is 50.0 Å². The number of allylic oxidation sites excluding steroid dienone is 2. The van der Waals surface area contributed by atoms with Gasteiger partial charge in [0.25, 0.3) is 0 Å². The lowest BCUT2D eigenvalue weighted by molar-refractivity contribution is 0.509. The minimum Gasteiger partial charge on any atom is -0.354 e. The van der Waals surface area contributed by atoms with Crippen molar-refractivity contribution in [3.63, 3.8) is 0 Å². The first-order valence-electron chi connectivity index (χ1n) is 9.62. The molecule has 0 bridgehead atoms. The molecule has 0 radical (unpaired) electrons. The van der Waals surface area contributed by atoms with Crippen molar-refractivity contribution in [3.8, 4) is 0 Å². The van der Waals surface area contributed by atoms with Crippen LogP contribution < -0.4 is 10.0 Å². The Kier molecular flexibility index (Phi) is 6.97. The van der Waals surface area contributed by atoms with Gasteiger partial charge in [0.1, 0.15) is 0 Å². The molecule has 2 aromatic rings. The van der Waals surface area contributed by atoms with Crippen LogP contribution in [0.25, 0.3) is 5.70 Å². The second kappa shape index (κ2) is 9.43. The van der Waals surface area contributed by atoms with Crippen LogP contribution in [0.4, 0.5) is 14.5 Å². The van der Waals surface area contributed by atoms with E-state index in [0.717, 1.165) is 42.0 Å². The highest BCUT2D eigenvalue weighted by molar-refractivity contribution is 7.97. The number of nitrogens with zero attached hydrogens (tertiary/aromatic N) is 1. The molecule has 1 aromatic heterocycles. The van der Waals surface area contributed by atoms with E-state index in [4.69, 9.17) is 0 Å². The number of benzene rings is 1. The van der Waals surface area contributed by atoms with Gasteiger partial charge in [-0.05, 0) is 62.3 Å². The van der Waals surface area contributed by atoms with E-state index in [1.54, 1.807) is 11.9 Å². The summed E-state index contributed by atoms with van der Waals surface area (Å²) in [4.78, 5) is 1.16. The Labute approximate surface area is 170 Å². The Morgan fingerprint density at radius 1 is 1.25 bits per heavy atom. The third-order valence-corrected chi connectivity index (χ3v) is 5.96. The van der Waals surface area contributed by atoms with E-state index < -0.39 is 11.6 Å². The molecule has 0 fully saturated rings. The molecule has 1 aliphatic rings. The first kappa shape index (κ1) is 20.7. The summed E-state index contributed by atoms with van der Waals surface area (Å²) in [7, 11) is 1.98. The molecule has 0 saturated heterocycles. The van der Waals surface area contributed by atoms with Gasteiger partial charge in [0.05, 0.1) is 11.4 Å². The smallest absolute Gasteiger partial charge is 0.160 e. The Hall–Kier alpha value is -2.05. The van der Waals surface area contributed by atoms with Gasteiger partial charge in [0.15, 0.2) is 11.6 Å². The van der Waals surface area contributed by atoms with Crippen molar-refractivity contribution in [3.05, 3.63) is 66.0 Å². The number of halogens is 2. The topological polar surface area (TPSA) is 29.0 Å². The SMILES string of the molecule is C=C(Nc1ccc(F)c(F)c1)c1c2c(cn1C)SNC(C)CCCC/C=C/C2. The summed E-state index contributed by atoms with van der Waals surface area (Å²) in [6, 6.07) is 4.21. The lowest BCUT2D eigenvalue weighted by Crippen LogP contribution is -2.18. The Balaban J connectivity index is 1.88. The van der Waals surface area contributed by atoms with Gasteiger partial charge in [0.2, 0.25) is 0 Å². The maximum absolute atomic E-state index is 13.5. The summed E-state index contributed by atoms with van der Waals surface area (Å²) < 4.78 is 32.3. The van der Waals surface area contributed by atoms with Crippen molar-refractivity contribution in [1.82, 2.24) is 9.29 Å². The molecule has 0 spiro atoms. The first-order chi connectivity index (χ1) is 13.5. The number of anilines is 1. The summed E-state index contributed by atoms with van der Waals surface area (Å²) in [5.41, 5.74) is 3.26. The van der Waals surface area contributed by atoms with Gasteiger partial charge in [-0.15, -0.1) is 0 Å². The van der Waals surface area contributed by atoms with Crippen molar-refractivity contribution >= 4 is 23.3 Å². The fraction of sp³-hybridized carbons (Fsp3) is 0.364. The molecular weight excluding hydrogens is 376 g/mol. The zero-order valence-electron chi connectivity index (χ0n) is 16.4. The average molecular weight is 404 g/mol. The maximum Gasteiger partial charge on any atom is 0.160 e. The van der Waals surface area contributed by atoms with Gasteiger partial charge in [-0.1, -0.05) is 25.2 Å². The van der Waals surface area contributed by atoms with E-state index >= 15 is 0 Å². The second-order valence-corrected chi connectivity index (χ2v) is 8.12. The van der Waals surface area contributed by atoms with Crippen LogP contribution in [-0.4, -0.2) is 10.6 Å². The lowest BCUT2D eigenvalue weighted by Gasteiger charge is -2.15. The highest BCUT2D eigenvalue weighted by Crippen LogP contribution is 2.31. The molecule has 1 atom stereocenters. The number of nitrogens with one attached hydrogen (secondary N) is 2. The van der Waals surface area contributed by atoms with Crippen LogP contribution in [0.3, 0.4) is 0 Å². The number of aromatic nitrogens is 1. The van der Waals surface area contributed by atoms with E-state index in [-0.39, 0.29) is 0 Å². The van der Waals surface area contributed by atoms with Crippen molar-refractivity contribution in [1.29, 1.82) is 0 Å². The Morgan fingerprint density at radius 3 is 2.86 bits per heavy atom. The fourth-order valence-corrected chi connectivity index (χ4v) is 4.35. The molecule has 1 aliphatic heterocycles. The van der Waals surface area contributed by atoms with Gasteiger partial charge in [0, 0.05) is 35.9 Å². The van der Waals surface area contributed by atoms with Crippen LogP contribution in [0.1, 0.15) is 43.9 Å². The van der Waals surface area contributed by atoms with E-state index in [2.05, 4.69) is 41.9 Å². The fourth-order valence-electron chi connectivity index (χ4n) is 3.39. The van der Waals surface area contributed by atoms with Gasteiger partial charge < -0.3 is 9.88 Å². The van der Waals surface area contributed by atoms with Crippen molar-refractivity contribution < 1.29 is 8.78 Å². The molecule has 0 aliphatic carbocycles. The molecule has 150 valence electrons. The zero-order chi connectivity index (χ0) is 20.1. The van der Waals surface area contributed by atoms with E-state index in [1.165, 1.54) is 24.5 Å². The summed E-state index contributed by atoms with van der Waals surface area (Å²) >= 11 is 1.65. The largest absolute Gasteiger partial charge is 0.354 e. The van der Waals surface area contributed by atoms with Crippen LogP contribution in [0, 0.1) is 11.6 Å². The molecular formula is C22H27F2N3S. The second-order valence-electron chi connectivity index (χ2n) is 7.24. The van der Waals surface area contributed by atoms with Crippen LogP contribution in [0.2, 0.25) is 0 Å². The number of fused-ring (bicyclic) bond motifs is 1. The number of hydrogen-bond acceptors (Lipinski definition) is 3. The molecule has 2 N–H and O–H groups in total. The molecule has 1 aromatic carbocycles. The highest BCUT2D eigenvalue weighted by Gasteiger charge is 2.18. The zero-order valence-corrected chi connectivity index (χ0v) is 17.2. The average Bonchev–Trinajstić information content (AvgIpc) is 2.96. The molecule has 2 heterocycles. The Morgan fingerprint density at radius 2 is 2.07 bits per heavy atom. The summed E-state index contributed by atoms with van der Waals surface area (Å²) in [5.74, 6) is -1.74. The van der Waals surface area contributed by atoms with Crippen molar-refractivity contribution in [2.75, 3.05) is 5.32 Å². The van der Waals surface area contributed by atoms with Gasteiger partial charge in [-0.25, -0.2) is 8.78 Å². The molecule has 1 unspecified atom stereocenters. The van der Waals surface area contributed by atoms with Crippen LogP contribution in [0.15, 0.2) is 48.0 Å². The Bertz CT molecular complexity index is 873. The minimum atomic E-state index is -0.878. The lowest BCUT2D eigenvalue weighted by atomic mass is 10.1. The predicted molar refractivity (Wildman–Crippen MR) is 114 cm³/mol. The number of rotatable bonds is 3. The van der Waals surface area contributed by atoms with Gasteiger partial charge in [-0.3, -0.25) is 4.72 Å². The number of hydrogen-bond donors (Lipinski definition) is 2. The normalized spacial score (nSPS) is 19.2. The molecule has 3 nitrogen and oxygen atoms in total. The van der Waals surface area contributed by atoms with Crippen LogP contribution in [-0.2, 0) is 13.5 Å². The first-order valence-corrected chi connectivity index (χ1v) is 10.4. The van der Waals surface area contributed by atoms with Crippen LogP contribution >= 0.6 is 11.9 Å². The van der Waals surface area contributed by atoms with E-state index in [1.807, 2.05) is 11.6 Å². The summed E-state index contributed by atoms with van der Waals surface area (Å²) in [6.07, 6.45) is 12.0. The van der Waals surface area contributed by atoms with Crippen LogP contribution in [0.5, 0.6) is 0 Å². The van der Waals surface area contributed by atoms with E-state index in [0.29, 0.717) is 17.4 Å². The highest BCUT2D eigenvalue weighted by atomic mass is 32.2. The van der Waals surface area contributed by atoms with Gasteiger partial charge in [-0.2, -0.15) is 0 Å². The molecule has 3 rings (SSSR count). The van der Waals surface area contributed by atoms with Crippen molar-refractivity contribution in [2.24, 2.45) is 7.05 Å². The third kappa shape index (κ3) is 5.06. The van der Waals surface area contributed by atoms with E-state index in [9.17, 15) is 8.78 Å². The van der Waals surface area contributed by atoms with Gasteiger partial charge >= 0.3 is 0 Å². The minimum absolute atomic E-state index is 0.438. The molecule has 0 amide bonds.